The second-order valence-electron chi connectivity index (χ2n) is 4.26. The maximum absolute atomic E-state index is 11.7. The lowest BCUT2D eigenvalue weighted by atomic mass is 10.3. The third-order valence-corrected chi connectivity index (χ3v) is 3.44. The lowest BCUT2D eigenvalue weighted by Gasteiger charge is -2.01. The average molecular weight is 310 g/mol. The molecule has 0 atom stereocenters. The Hall–Kier alpha value is -2.29. The van der Waals surface area contributed by atoms with E-state index in [4.69, 9.17) is 4.74 Å². The molecule has 0 N–H and O–H groups in total. The van der Waals surface area contributed by atoms with Gasteiger partial charge in [0.05, 0.1) is 12.3 Å². The molecule has 0 radical (unpaired) electrons. The van der Waals surface area contributed by atoms with Crippen LogP contribution in [0.4, 0.5) is 0 Å². The van der Waals surface area contributed by atoms with Gasteiger partial charge in [-0.1, -0.05) is 0 Å². The lowest BCUT2D eigenvalue weighted by molar-refractivity contribution is 0.0525. The van der Waals surface area contributed by atoms with E-state index >= 15 is 0 Å². The summed E-state index contributed by atoms with van der Waals surface area (Å²) in [7, 11) is -3.52. The molecule has 0 fully saturated rings. The molecule has 9 heteroatoms. The van der Waals surface area contributed by atoms with Crippen LogP contribution < -0.4 is 0 Å². The summed E-state index contributed by atoms with van der Waals surface area (Å²) in [6.45, 7) is 3.62. The summed E-state index contributed by atoms with van der Waals surface area (Å²) in [6.07, 6.45) is 3.78. The van der Waals surface area contributed by atoms with Crippen LogP contribution in [-0.4, -0.2) is 47.0 Å². The molecule has 0 aliphatic heterocycles. The number of sulfone groups is 1. The molecular weight excluding hydrogens is 296 g/mol. The summed E-state index contributed by atoms with van der Waals surface area (Å²) >= 11 is 0. The van der Waals surface area contributed by atoms with Crippen molar-refractivity contribution in [1.82, 2.24) is 19.7 Å². The van der Waals surface area contributed by atoms with Gasteiger partial charge in [-0.15, -0.1) is 0 Å². The van der Waals surface area contributed by atoms with Crippen LogP contribution in [0, 0.1) is 6.92 Å². The van der Waals surface area contributed by atoms with Crippen LogP contribution in [-0.2, 0) is 14.6 Å². The molecule has 0 aromatic carbocycles. The molecule has 0 saturated carbocycles. The Morgan fingerprint density at radius 3 is 2.76 bits per heavy atom. The highest BCUT2D eigenvalue weighted by Crippen LogP contribution is 2.12. The molecule has 2 heterocycles. The van der Waals surface area contributed by atoms with Gasteiger partial charge in [0, 0.05) is 24.7 Å². The first-order valence-electron chi connectivity index (χ1n) is 6.09. The number of nitrogens with zero attached hydrogens (tertiary/aromatic N) is 4. The van der Waals surface area contributed by atoms with Crippen LogP contribution in [0.2, 0.25) is 0 Å². The Balaban J connectivity index is 2.44. The first kappa shape index (κ1) is 15.1. The van der Waals surface area contributed by atoms with E-state index in [1.807, 2.05) is 0 Å². The Morgan fingerprint density at radius 1 is 1.43 bits per heavy atom. The van der Waals surface area contributed by atoms with Crippen LogP contribution >= 0.6 is 0 Å². The molecule has 0 aliphatic carbocycles. The Morgan fingerprint density at radius 2 is 2.14 bits per heavy atom. The standard InChI is InChI=1S/C12H14N4O4S/c1-4-20-11(17)9-7-16(15-8(9)2)10-5-6-13-12(14-10)21(3,18)19/h5-7H,4H2,1-3H3. The fourth-order valence-electron chi connectivity index (χ4n) is 1.62. The van der Waals surface area contributed by atoms with Crippen molar-refractivity contribution >= 4 is 15.8 Å². The zero-order valence-electron chi connectivity index (χ0n) is 11.8. The predicted octanol–water partition coefficient (Wildman–Crippen LogP) is 0.551. The van der Waals surface area contributed by atoms with E-state index in [2.05, 4.69) is 15.1 Å². The van der Waals surface area contributed by atoms with Crippen molar-refractivity contribution in [2.45, 2.75) is 19.0 Å². The van der Waals surface area contributed by atoms with E-state index in [0.29, 0.717) is 11.3 Å². The monoisotopic (exact) mass is 310 g/mol. The lowest BCUT2D eigenvalue weighted by Crippen LogP contribution is -2.07. The molecule has 0 bridgehead atoms. The number of hydrogen-bond donors (Lipinski definition) is 0. The molecule has 112 valence electrons. The molecule has 0 aliphatic rings. The first-order chi connectivity index (χ1) is 9.82. The SMILES string of the molecule is CCOC(=O)c1cn(-c2ccnc(S(C)(=O)=O)n2)nc1C. The zero-order valence-corrected chi connectivity index (χ0v) is 12.6. The zero-order chi connectivity index (χ0) is 15.6. The number of esters is 1. The van der Waals surface area contributed by atoms with Crippen molar-refractivity contribution in [3.63, 3.8) is 0 Å². The van der Waals surface area contributed by atoms with Gasteiger partial charge in [-0.2, -0.15) is 10.1 Å². The maximum Gasteiger partial charge on any atom is 0.341 e. The summed E-state index contributed by atoms with van der Waals surface area (Å²) in [6, 6.07) is 1.50. The highest BCUT2D eigenvalue weighted by molar-refractivity contribution is 7.90. The Labute approximate surface area is 121 Å². The first-order valence-corrected chi connectivity index (χ1v) is 7.99. The van der Waals surface area contributed by atoms with Crippen molar-refractivity contribution in [1.29, 1.82) is 0 Å². The predicted molar refractivity (Wildman–Crippen MR) is 73.0 cm³/mol. The number of hydrogen-bond acceptors (Lipinski definition) is 7. The van der Waals surface area contributed by atoms with Crippen molar-refractivity contribution in [2.75, 3.05) is 12.9 Å². The van der Waals surface area contributed by atoms with Crippen molar-refractivity contribution in [3.8, 4) is 5.82 Å². The van der Waals surface area contributed by atoms with Gasteiger partial charge in [-0.25, -0.2) is 22.9 Å². The van der Waals surface area contributed by atoms with E-state index in [0.717, 1.165) is 6.26 Å². The molecule has 2 aromatic heterocycles. The maximum atomic E-state index is 11.7. The summed E-state index contributed by atoms with van der Waals surface area (Å²) in [5.74, 6) is -0.234. The molecule has 0 unspecified atom stereocenters. The number of aryl methyl sites for hydroxylation is 1. The summed E-state index contributed by atoms with van der Waals surface area (Å²) in [5.41, 5.74) is 0.768. The molecule has 0 amide bonds. The molecule has 21 heavy (non-hydrogen) atoms. The number of rotatable bonds is 4. The fourth-order valence-corrected chi connectivity index (χ4v) is 2.14. The number of carbonyl (C=O) groups excluding carboxylic acids is 1. The number of ether oxygens (including phenoxy) is 1. The number of carbonyl (C=O) groups is 1. The minimum atomic E-state index is -3.52. The van der Waals surface area contributed by atoms with E-state index in [1.165, 1.54) is 23.1 Å². The minimum absolute atomic E-state index is 0.254. The van der Waals surface area contributed by atoms with Crippen LogP contribution in [0.15, 0.2) is 23.6 Å². The van der Waals surface area contributed by atoms with E-state index in [1.54, 1.807) is 13.8 Å². The van der Waals surface area contributed by atoms with Gasteiger partial charge in [0.15, 0.2) is 5.82 Å². The van der Waals surface area contributed by atoms with Gasteiger partial charge >= 0.3 is 5.97 Å². The minimum Gasteiger partial charge on any atom is -0.462 e. The quantitative estimate of drug-likeness (QED) is 0.600. The molecule has 8 nitrogen and oxygen atoms in total. The highest BCUT2D eigenvalue weighted by Gasteiger charge is 2.17. The summed E-state index contributed by atoms with van der Waals surface area (Å²) < 4.78 is 29.1. The number of aromatic nitrogens is 4. The van der Waals surface area contributed by atoms with Gasteiger partial charge < -0.3 is 4.74 Å². The topological polar surface area (TPSA) is 104 Å². The van der Waals surface area contributed by atoms with Gasteiger partial charge in [0.1, 0.15) is 5.56 Å². The Bertz CT molecular complexity index is 782. The largest absolute Gasteiger partial charge is 0.462 e. The summed E-state index contributed by atoms with van der Waals surface area (Å²) in [5, 5.41) is 3.84. The second-order valence-corrected chi connectivity index (χ2v) is 6.17. The van der Waals surface area contributed by atoms with Gasteiger partial charge in [0.2, 0.25) is 15.0 Å². The molecular formula is C12H14N4O4S. The molecule has 0 spiro atoms. The van der Waals surface area contributed by atoms with Crippen LogP contribution in [0.5, 0.6) is 0 Å². The third kappa shape index (κ3) is 3.24. The van der Waals surface area contributed by atoms with Crippen LogP contribution in [0.25, 0.3) is 5.82 Å². The molecule has 2 aromatic rings. The second kappa shape index (κ2) is 5.60. The third-order valence-electron chi connectivity index (χ3n) is 2.58. The van der Waals surface area contributed by atoms with E-state index < -0.39 is 15.8 Å². The van der Waals surface area contributed by atoms with Gasteiger partial charge in [-0.3, -0.25) is 0 Å². The van der Waals surface area contributed by atoms with E-state index in [-0.39, 0.29) is 17.6 Å². The molecule has 0 saturated heterocycles. The summed E-state index contributed by atoms with van der Waals surface area (Å²) in [4.78, 5) is 19.4. The van der Waals surface area contributed by atoms with Crippen molar-refractivity contribution in [2.24, 2.45) is 0 Å². The smallest absolute Gasteiger partial charge is 0.341 e. The van der Waals surface area contributed by atoms with Crippen LogP contribution in [0.3, 0.4) is 0 Å². The fraction of sp³-hybridized carbons (Fsp3) is 0.333. The molecule has 2 rings (SSSR count). The van der Waals surface area contributed by atoms with Crippen molar-refractivity contribution < 1.29 is 17.9 Å². The average Bonchev–Trinajstić information content (AvgIpc) is 2.80. The van der Waals surface area contributed by atoms with Gasteiger partial charge in [-0.05, 0) is 13.8 Å². The van der Waals surface area contributed by atoms with Gasteiger partial charge in [0.25, 0.3) is 0 Å². The Kier molecular flexibility index (Phi) is 4.03. The van der Waals surface area contributed by atoms with Crippen LogP contribution in [0.1, 0.15) is 23.0 Å². The normalized spacial score (nSPS) is 11.4. The highest BCUT2D eigenvalue weighted by atomic mass is 32.2. The van der Waals surface area contributed by atoms with Crippen molar-refractivity contribution in [3.05, 3.63) is 29.7 Å². The van der Waals surface area contributed by atoms with E-state index in [9.17, 15) is 13.2 Å².